The summed E-state index contributed by atoms with van der Waals surface area (Å²) in [6.45, 7) is 5.76. The molecular formula is C16H25N3O. The number of nitrogens with zero attached hydrogens (tertiary/aromatic N) is 1. The summed E-state index contributed by atoms with van der Waals surface area (Å²) in [5.74, 6) is 0.0718. The van der Waals surface area contributed by atoms with E-state index in [1.54, 1.807) is 0 Å². The van der Waals surface area contributed by atoms with Gasteiger partial charge in [-0.25, -0.2) is 0 Å². The van der Waals surface area contributed by atoms with Gasteiger partial charge in [-0.05, 0) is 58.0 Å². The van der Waals surface area contributed by atoms with Crippen molar-refractivity contribution in [3.05, 3.63) is 29.8 Å². The minimum atomic E-state index is -0.537. The van der Waals surface area contributed by atoms with Crippen molar-refractivity contribution in [1.29, 1.82) is 0 Å². The summed E-state index contributed by atoms with van der Waals surface area (Å²) < 4.78 is 0. The molecule has 1 atom stereocenters. The van der Waals surface area contributed by atoms with E-state index in [4.69, 9.17) is 5.73 Å². The van der Waals surface area contributed by atoms with Crippen molar-refractivity contribution in [1.82, 2.24) is 10.2 Å². The average Bonchev–Trinajstić information content (AvgIpc) is 2.82. The van der Waals surface area contributed by atoms with E-state index in [9.17, 15) is 4.79 Å². The highest BCUT2D eigenvalue weighted by Crippen LogP contribution is 2.24. The molecule has 20 heavy (non-hydrogen) atoms. The molecule has 0 aliphatic carbocycles. The lowest BCUT2D eigenvalue weighted by atomic mass is 9.83. The molecule has 1 saturated heterocycles. The Morgan fingerprint density at radius 3 is 2.60 bits per heavy atom. The van der Waals surface area contributed by atoms with Gasteiger partial charge in [0, 0.05) is 18.3 Å². The smallest absolute Gasteiger partial charge is 0.230 e. The maximum absolute atomic E-state index is 12.5. The molecule has 0 saturated carbocycles. The number of rotatable bonds is 4. The molecular weight excluding hydrogens is 250 g/mol. The normalized spacial score (nSPS) is 20.1. The van der Waals surface area contributed by atoms with Gasteiger partial charge >= 0.3 is 0 Å². The molecule has 1 amide bonds. The zero-order valence-electron chi connectivity index (χ0n) is 12.6. The fourth-order valence-electron chi connectivity index (χ4n) is 2.70. The van der Waals surface area contributed by atoms with E-state index in [1.807, 2.05) is 38.1 Å². The molecule has 4 heteroatoms. The molecule has 0 spiro atoms. The summed E-state index contributed by atoms with van der Waals surface area (Å²) >= 11 is 0. The fraction of sp³-hybridized carbons (Fsp3) is 0.562. The monoisotopic (exact) mass is 275 g/mol. The van der Waals surface area contributed by atoms with Crippen LogP contribution in [0.1, 0.15) is 32.3 Å². The molecule has 2 rings (SSSR count). The minimum absolute atomic E-state index is 0.0718. The topological polar surface area (TPSA) is 58.4 Å². The van der Waals surface area contributed by atoms with Crippen LogP contribution in [0.3, 0.4) is 0 Å². The molecule has 1 heterocycles. The van der Waals surface area contributed by atoms with Crippen LogP contribution in [0, 0.1) is 0 Å². The number of carbonyl (C=O) groups is 1. The predicted molar refractivity (Wildman–Crippen MR) is 82.5 cm³/mol. The summed E-state index contributed by atoms with van der Waals surface area (Å²) in [5.41, 5.74) is 6.87. The number of nitrogens with two attached hydrogens (primary N) is 1. The zero-order valence-corrected chi connectivity index (χ0v) is 12.6. The Balaban J connectivity index is 1.98. The number of carbonyl (C=O) groups excluding carboxylic acids is 1. The van der Waals surface area contributed by atoms with Gasteiger partial charge in [0.1, 0.15) is 0 Å². The van der Waals surface area contributed by atoms with Gasteiger partial charge in [-0.3, -0.25) is 4.79 Å². The van der Waals surface area contributed by atoms with Crippen LogP contribution in [0.5, 0.6) is 0 Å². The number of nitrogen functional groups attached to an aromatic ring is 1. The van der Waals surface area contributed by atoms with E-state index in [1.165, 1.54) is 12.8 Å². The molecule has 0 bridgehead atoms. The Hall–Kier alpha value is -1.55. The first-order valence-corrected chi connectivity index (χ1v) is 7.26. The van der Waals surface area contributed by atoms with Crippen molar-refractivity contribution >= 4 is 11.6 Å². The number of benzene rings is 1. The second-order valence-corrected chi connectivity index (χ2v) is 6.23. The number of anilines is 1. The molecule has 3 N–H and O–H groups in total. The highest BCUT2D eigenvalue weighted by atomic mass is 16.2. The lowest BCUT2D eigenvalue weighted by Gasteiger charge is -2.27. The lowest BCUT2D eigenvalue weighted by Crippen LogP contribution is -2.45. The van der Waals surface area contributed by atoms with E-state index in [2.05, 4.69) is 17.3 Å². The van der Waals surface area contributed by atoms with Crippen LogP contribution >= 0.6 is 0 Å². The molecule has 0 radical (unpaired) electrons. The third-order valence-corrected chi connectivity index (χ3v) is 4.37. The average molecular weight is 275 g/mol. The molecule has 1 aromatic carbocycles. The van der Waals surface area contributed by atoms with Gasteiger partial charge < -0.3 is 16.0 Å². The predicted octanol–water partition coefficient (Wildman–Crippen LogP) is 1.76. The van der Waals surface area contributed by atoms with Crippen molar-refractivity contribution in [2.45, 2.75) is 38.1 Å². The van der Waals surface area contributed by atoms with Crippen LogP contribution in [0.25, 0.3) is 0 Å². The van der Waals surface area contributed by atoms with E-state index in [-0.39, 0.29) is 5.91 Å². The minimum Gasteiger partial charge on any atom is -0.399 e. The van der Waals surface area contributed by atoms with Gasteiger partial charge in [-0.15, -0.1) is 0 Å². The highest BCUT2D eigenvalue weighted by Gasteiger charge is 2.30. The Morgan fingerprint density at radius 2 is 2.05 bits per heavy atom. The summed E-state index contributed by atoms with van der Waals surface area (Å²) in [6, 6.07) is 8.01. The molecule has 110 valence electrons. The van der Waals surface area contributed by atoms with Gasteiger partial charge in [0.15, 0.2) is 0 Å². The van der Waals surface area contributed by atoms with Crippen LogP contribution in [0.15, 0.2) is 24.3 Å². The molecule has 1 aliphatic heterocycles. The number of likely N-dealkylation sites (tertiary alicyclic amines) is 1. The van der Waals surface area contributed by atoms with Gasteiger partial charge in [0.25, 0.3) is 0 Å². The largest absolute Gasteiger partial charge is 0.399 e. The fourth-order valence-corrected chi connectivity index (χ4v) is 2.70. The first-order valence-electron chi connectivity index (χ1n) is 7.26. The van der Waals surface area contributed by atoms with Crippen molar-refractivity contribution in [2.24, 2.45) is 0 Å². The van der Waals surface area contributed by atoms with E-state index >= 15 is 0 Å². The van der Waals surface area contributed by atoms with E-state index in [0.29, 0.717) is 6.04 Å². The van der Waals surface area contributed by atoms with Crippen LogP contribution < -0.4 is 11.1 Å². The number of likely N-dealkylation sites (N-methyl/N-ethyl adjacent to an activating group) is 1. The van der Waals surface area contributed by atoms with Crippen molar-refractivity contribution < 1.29 is 4.79 Å². The van der Waals surface area contributed by atoms with Gasteiger partial charge in [0.05, 0.1) is 5.41 Å². The second kappa shape index (κ2) is 5.83. The summed E-state index contributed by atoms with van der Waals surface area (Å²) in [5, 5.41) is 3.10. The Kier molecular flexibility index (Phi) is 4.33. The quantitative estimate of drug-likeness (QED) is 0.823. The standard InChI is InChI=1S/C16H25N3O/c1-16(2,12-6-8-13(17)9-7-12)15(20)18-11-14-5-4-10-19(14)3/h6-9,14H,4-5,10-11,17H2,1-3H3,(H,18,20). The van der Waals surface area contributed by atoms with Crippen molar-refractivity contribution in [2.75, 3.05) is 25.9 Å². The molecule has 1 fully saturated rings. The number of hydrogen-bond donors (Lipinski definition) is 2. The highest BCUT2D eigenvalue weighted by molar-refractivity contribution is 5.87. The molecule has 1 unspecified atom stereocenters. The number of nitrogens with one attached hydrogen (secondary N) is 1. The van der Waals surface area contributed by atoms with Crippen LogP contribution in [-0.2, 0) is 10.2 Å². The Morgan fingerprint density at radius 1 is 1.40 bits per heavy atom. The van der Waals surface area contributed by atoms with Crippen LogP contribution in [0.2, 0.25) is 0 Å². The SMILES string of the molecule is CN1CCCC1CNC(=O)C(C)(C)c1ccc(N)cc1. The van der Waals surface area contributed by atoms with Crippen molar-refractivity contribution in [3.8, 4) is 0 Å². The van der Waals surface area contributed by atoms with Gasteiger partial charge in [0.2, 0.25) is 5.91 Å². The maximum Gasteiger partial charge on any atom is 0.230 e. The first-order chi connectivity index (χ1) is 9.41. The summed E-state index contributed by atoms with van der Waals surface area (Å²) in [7, 11) is 2.12. The third-order valence-electron chi connectivity index (χ3n) is 4.37. The number of hydrogen-bond acceptors (Lipinski definition) is 3. The maximum atomic E-state index is 12.5. The van der Waals surface area contributed by atoms with E-state index in [0.717, 1.165) is 24.3 Å². The van der Waals surface area contributed by atoms with Crippen molar-refractivity contribution in [3.63, 3.8) is 0 Å². The van der Waals surface area contributed by atoms with Gasteiger partial charge in [-0.2, -0.15) is 0 Å². The van der Waals surface area contributed by atoms with E-state index < -0.39 is 5.41 Å². The van der Waals surface area contributed by atoms with Crippen LogP contribution in [-0.4, -0.2) is 37.0 Å². The number of amides is 1. The Bertz CT molecular complexity index is 467. The molecule has 1 aliphatic rings. The summed E-state index contributed by atoms with van der Waals surface area (Å²) in [6.07, 6.45) is 2.39. The Labute approximate surface area is 121 Å². The molecule has 4 nitrogen and oxygen atoms in total. The molecule has 1 aromatic rings. The van der Waals surface area contributed by atoms with Crippen LogP contribution in [0.4, 0.5) is 5.69 Å². The second-order valence-electron chi connectivity index (χ2n) is 6.23. The summed E-state index contributed by atoms with van der Waals surface area (Å²) in [4.78, 5) is 14.8. The van der Waals surface area contributed by atoms with Gasteiger partial charge in [-0.1, -0.05) is 12.1 Å². The lowest BCUT2D eigenvalue weighted by molar-refractivity contribution is -0.125. The third kappa shape index (κ3) is 3.12. The molecule has 0 aromatic heterocycles. The zero-order chi connectivity index (χ0) is 14.8. The first kappa shape index (κ1) is 14.9.